The minimum absolute atomic E-state index is 0.0116. The van der Waals surface area contributed by atoms with Gasteiger partial charge >= 0.3 is 5.97 Å². The number of hydrogen-bond acceptors (Lipinski definition) is 6. The fourth-order valence-corrected chi connectivity index (χ4v) is 2.45. The number of carbonyl (C=O) groups is 1. The van der Waals surface area contributed by atoms with Crippen molar-refractivity contribution in [2.45, 2.75) is 39.7 Å². The van der Waals surface area contributed by atoms with E-state index < -0.39 is 0 Å². The molecule has 0 atom stereocenters. The molecule has 1 saturated heterocycles. The number of esters is 1. The number of nitrogens with zero attached hydrogens (tertiary/aromatic N) is 3. The zero-order valence-corrected chi connectivity index (χ0v) is 13.1. The Morgan fingerprint density at radius 3 is 2.57 bits per heavy atom. The molecule has 0 radical (unpaired) electrons. The van der Waals surface area contributed by atoms with Crippen molar-refractivity contribution in [3.05, 3.63) is 11.8 Å². The van der Waals surface area contributed by atoms with Crippen LogP contribution in [0.4, 0.5) is 5.95 Å². The average molecular weight is 293 g/mol. The van der Waals surface area contributed by atoms with Gasteiger partial charge in [0, 0.05) is 24.8 Å². The van der Waals surface area contributed by atoms with Crippen LogP contribution in [0.5, 0.6) is 5.88 Å². The molecule has 1 aliphatic rings. The largest absolute Gasteiger partial charge is 0.475 e. The standard InChI is InChI=1S/C15H23N3O3/c1-10(2)21-13-9-11(3)16-15(17-13)18-7-5-12(6-8-18)14(19)20-4/h9-10,12H,5-8H2,1-4H3. The van der Waals surface area contributed by atoms with E-state index in [0.29, 0.717) is 11.8 Å². The number of anilines is 1. The first-order valence-corrected chi connectivity index (χ1v) is 7.34. The number of methoxy groups -OCH3 is 1. The molecule has 0 aliphatic carbocycles. The molecule has 1 fully saturated rings. The highest BCUT2D eigenvalue weighted by atomic mass is 16.5. The van der Waals surface area contributed by atoms with Gasteiger partial charge in [-0.1, -0.05) is 0 Å². The molecule has 0 spiro atoms. The highest BCUT2D eigenvalue weighted by molar-refractivity contribution is 5.72. The van der Waals surface area contributed by atoms with Crippen LogP contribution in [0.2, 0.25) is 0 Å². The number of piperidine rings is 1. The Morgan fingerprint density at radius 2 is 2.00 bits per heavy atom. The second-order valence-corrected chi connectivity index (χ2v) is 5.60. The number of ether oxygens (including phenoxy) is 2. The Bertz CT molecular complexity index is 497. The van der Waals surface area contributed by atoms with Crippen LogP contribution >= 0.6 is 0 Å². The molecule has 0 aromatic carbocycles. The van der Waals surface area contributed by atoms with Gasteiger partial charge in [0.2, 0.25) is 11.8 Å². The predicted octanol–water partition coefficient (Wildman–Crippen LogP) is 1.96. The van der Waals surface area contributed by atoms with Gasteiger partial charge in [-0.2, -0.15) is 4.98 Å². The molecule has 1 aliphatic heterocycles. The normalized spacial score (nSPS) is 16.1. The first-order valence-electron chi connectivity index (χ1n) is 7.34. The highest BCUT2D eigenvalue weighted by Crippen LogP contribution is 2.23. The number of rotatable bonds is 4. The summed E-state index contributed by atoms with van der Waals surface area (Å²) in [4.78, 5) is 22.6. The predicted molar refractivity (Wildman–Crippen MR) is 79.5 cm³/mol. The third kappa shape index (κ3) is 4.06. The Morgan fingerprint density at radius 1 is 1.33 bits per heavy atom. The van der Waals surface area contributed by atoms with Gasteiger partial charge in [-0.15, -0.1) is 0 Å². The van der Waals surface area contributed by atoms with Crippen LogP contribution in [0.15, 0.2) is 6.07 Å². The van der Waals surface area contributed by atoms with Crippen molar-refractivity contribution in [3.63, 3.8) is 0 Å². The molecule has 1 aromatic rings. The summed E-state index contributed by atoms with van der Waals surface area (Å²) in [6.45, 7) is 7.38. The van der Waals surface area contributed by atoms with E-state index >= 15 is 0 Å². The molecular formula is C15H23N3O3. The summed E-state index contributed by atoms with van der Waals surface area (Å²) in [6.07, 6.45) is 1.62. The highest BCUT2D eigenvalue weighted by Gasteiger charge is 2.27. The maximum absolute atomic E-state index is 11.5. The quantitative estimate of drug-likeness (QED) is 0.791. The van der Waals surface area contributed by atoms with E-state index in [2.05, 4.69) is 14.9 Å². The van der Waals surface area contributed by atoms with Gasteiger partial charge in [-0.3, -0.25) is 4.79 Å². The summed E-state index contributed by atoms with van der Waals surface area (Å²) in [6, 6.07) is 1.84. The zero-order chi connectivity index (χ0) is 15.4. The van der Waals surface area contributed by atoms with Crippen molar-refractivity contribution in [2.24, 2.45) is 5.92 Å². The third-order valence-electron chi connectivity index (χ3n) is 3.49. The van der Waals surface area contributed by atoms with Crippen molar-refractivity contribution in [3.8, 4) is 5.88 Å². The SMILES string of the molecule is COC(=O)C1CCN(c2nc(C)cc(OC(C)C)n2)CC1. The topological polar surface area (TPSA) is 64.5 Å². The summed E-state index contributed by atoms with van der Waals surface area (Å²) in [5.41, 5.74) is 0.880. The van der Waals surface area contributed by atoms with Gasteiger partial charge in [0.15, 0.2) is 0 Å². The molecule has 6 nitrogen and oxygen atoms in total. The summed E-state index contributed by atoms with van der Waals surface area (Å²) in [5, 5.41) is 0. The molecule has 21 heavy (non-hydrogen) atoms. The van der Waals surface area contributed by atoms with Gasteiger partial charge in [-0.25, -0.2) is 4.98 Å². The lowest BCUT2D eigenvalue weighted by atomic mass is 9.97. The Balaban J connectivity index is 2.06. The van der Waals surface area contributed by atoms with Gasteiger partial charge in [-0.05, 0) is 33.6 Å². The van der Waals surface area contributed by atoms with Crippen LogP contribution in [0.3, 0.4) is 0 Å². The number of aromatic nitrogens is 2. The van der Waals surface area contributed by atoms with Crippen LogP contribution in [-0.2, 0) is 9.53 Å². The van der Waals surface area contributed by atoms with E-state index in [1.54, 1.807) is 0 Å². The first kappa shape index (κ1) is 15.5. The molecule has 116 valence electrons. The molecule has 0 amide bonds. The lowest BCUT2D eigenvalue weighted by Crippen LogP contribution is -2.37. The van der Waals surface area contributed by atoms with Gasteiger partial charge in [0.25, 0.3) is 0 Å². The molecule has 0 unspecified atom stereocenters. The molecule has 1 aromatic heterocycles. The minimum atomic E-state index is -0.122. The number of hydrogen-bond donors (Lipinski definition) is 0. The summed E-state index contributed by atoms with van der Waals surface area (Å²) >= 11 is 0. The van der Waals surface area contributed by atoms with Crippen LogP contribution < -0.4 is 9.64 Å². The second-order valence-electron chi connectivity index (χ2n) is 5.60. The molecule has 0 N–H and O–H groups in total. The fourth-order valence-electron chi connectivity index (χ4n) is 2.45. The van der Waals surface area contributed by atoms with Crippen molar-refractivity contribution < 1.29 is 14.3 Å². The van der Waals surface area contributed by atoms with E-state index in [0.717, 1.165) is 31.6 Å². The van der Waals surface area contributed by atoms with Crippen LogP contribution in [-0.4, -0.2) is 42.2 Å². The second kappa shape index (κ2) is 6.74. The smallest absolute Gasteiger partial charge is 0.308 e. The van der Waals surface area contributed by atoms with E-state index in [-0.39, 0.29) is 18.0 Å². The van der Waals surface area contributed by atoms with Crippen LogP contribution in [0.25, 0.3) is 0 Å². The Kier molecular flexibility index (Phi) is 4.98. The number of carbonyl (C=O) groups excluding carboxylic acids is 1. The Labute approximate surface area is 125 Å². The van der Waals surface area contributed by atoms with Gasteiger partial charge in [0.1, 0.15) is 0 Å². The van der Waals surface area contributed by atoms with Crippen LogP contribution in [0.1, 0.15) is 32.4 Å². The van der Waals surface area contributed by atoms with Crippen LogP contribution in [0, 0.1) is 12.8 Å². The van der Waals surface area contributed by atoms with Gasteiger partial charge in [0.05, 0.1) is 19.1 Å². The van der Waals surface area contributed by atoms with Gasteiger partial charge < -0.3 is 14.4 Å². The molecule has 0 bridgehead atoms. The molecular weight excluding hydrogens is 270 g/mol. The van der Waals surface area contributed by atoms with Crippen molar-refractivity contribution in [2.75, 3.05) is 25.1 Å². The van der Waals surface area contributed by atoms with E-state index in [1.807, 2.05) is 26.8 Å². The Hall–Kier alpha value is -1.85. The van der Waals surface area contributed by atoms with E-state index in [1.165, 1.54) is 7.11 Å². The zero-order valence-electron chi connectivity index (χ0n) is 13.1. The monoisotopic (exact) mass is 293 g/mol. The molecule has 0 saturated carbocycles. The van der Waals surface area contributed by atoms with Crippen molar-refractivity contribution >= 4 is 11.9 Å². The maximum Gasteiger partial charge on any atom is 0.308 e. The summed E-state index contributed by atoms with van der Waals surface area (Å²) in [7, 11) is 1.44. The fraction of sp³-hybridized carbons (Fsp3) is 0.667. The molecule has 6 heteroatoms. The first-order chi connectivity index (χ1) is 9.99. The van der Waals surface area contributed by atoms with E-state index in [9.17, 15) is 4.79 Å². The molecule has 2 heterocycles. The summed E-state index contributed by atoms with van der Waals surface area (Å²) in [5.74, 6) is 1.14. The molecule has 2 rings (SSSR count). The summed E-state index contributed by atoms with van der Waals surface area (Å²) < 4.78 is 10.5. The minimum Gasteiger partial charge on any atom is -0.475 e. The third-order valence-corrected chi connectivity index (χ3v) is 3.49. The van der Waals surface area contributed by atoms with E-state index in [4.69, 9.17) is 9.47 Å². The maximum atomic E-state index is 11.5. The number of aryl methyl sites for hydroxylation is 1. The lowest BCUT2D eigenvalue weighted by molar-refractivity contribution is -0.146. The van der Waals surface area contributed by atoms with Crippen molar-refractivity contribution in [1.82, 2.24) is 9.97 Å². The van der Waals surface area contributed by atoms with Crippen molar-refractivity contribution in [1.29, 1.82) is 0 Å². The average Bonchev–Trinajstić information content (AvgIpc) is 2.45. The lowest BCUT2D eigenvalue weighted by Gasteiger charge is -2.30.